The molecule has 7 heteroatoms. The number of carbonyl (C=O) groups excluding carboxylic acids is 1. The zero-order valence-corrected chi connectivity index (χ0v) is 16.8. The van der Waals surface area contributed by atoms with E-state index in [9.17, 15) is 13.2 Å². The Balaban J connectivity index is 2.28. The van der Waals surface area contributed by atoms with E-state index in [4.69, 9.17) is 4.74 Å². The summed E-state index contributed by atoms with van der Waals surface area (Å²) >= 11 is 0. The molecule has 1 fully saturated rings. The average Bonchev–Trinajstić information content (AvgIpc) is 2.91. The van der Waals surface area contributed by atoms with Crippen molar-refractivity contribution in [2.45, 2.75) is 57.3 Å². The first-order valence-electron chi connectivity index (χ1n) is 9.39. The number of hydrogen-bond acceptors (Lipinski definition) is 4. The van der Waals surface area contributed by atoms with Crippen molar-refractivity contribution in [3.05, 3.63) is 18.2 Å². The van der Waals surface area contributed by atoms with E-state index in [0.29, 0.717) is 24.5 Å². The second kappa shape index (κ2) is 9.37. The fourth-order valence-electron chi connectivity index (χ4n) is 3.20. The molecule has 2 rings (SSSR count). The molecule has 1 aromatic rings. The van der Waals surface area contributed by atoms with E-state index in [-0.39, 0.29) is 16.7 Å². The van der Waals surface area contributed by atoms with Crippen LogP contribution in [0.25, 0.3) is 0 Å². The molecular formula is C19H30N2O4S. The minimum atomic E-state index is -3.57. The van der Waals surface area contributed by atoms with E-state index in [2.05, 4.69) is 5.32 Å². The van der Waals surface area contributed by atoms with Gasteiger partial charge in [-0.15, -0.1) is 0 Å². The molecule has 1 aliphatic heterocycles. The van der Waals surface area contributed by atoms with Crippen LogP contribution in [0.15, 0.2) is 23.1 Å². The van der Waals surface area contributed by atoms with Gasteiger partial charge in [0.1, 0.15) is 5.75 Å². The largest absolute Gasteiger partial charge is 0.495 e. The third kappa shape index (κ3) is 4.98. The van der Waals surface area contributed by atoms with E-state index in [1.54, 1.807) is 16.4 Å². The second-order valence-electron chi connectivity index (χ2n) is 6.86. The first kappa shape index (κ1) is 20.7. The van der Waals surface area contributed by atoms with Gasteiger partial charge in [-0.3, -0.25) is 4.79 Å². The van der Waals surface area contributed by atoms with Crippen molar-refractivity contribution in [1.82, 2.24) is 4.31 Å². The van der Waals surface area contributed by atoms with E-state index in [0.717, 1.165) is 38.5 Å². The zero-order valence-electron chi connectivity index (χ0n) is 16.0. The SMILES string of the molecule is CCC[C@H](C)C(=O)Nc1cc(S(=O)(=O)N2CCCCCC2)ccc1OC. The number of nitrogens with one attached hydrogen (secondary N) is 1. The summed E-state index contributed by atoms with van der Waals surface area (Å²) in [7, 11) is -2.07. The molecule has 0 aromatic heterocycles. The van der Waals surface area contributed by atoms with Gasteiger partial charge >= 0.3 is 0 Å². The van der Waals surface area contributed by atoms with Crippen LogP contribution in [0.1, 0.15) is 52.4 Å². The maximum absolute atomic E-state index is 13.0. The number of amides is 1. The highest BCUT2D eigenvalue weighted by molar-refractivity contribution is 7.89. The Morgan fingerprint density at radius 2 is 1.88 bits per heavy atom. The lowest BCUT2D eigenvalue weighted by molar-refractivity contribution is -0.119. The molecule has 0 bridgehead atoms. The number of hydrogen-bond donors (Lipinski definition) is 1. The molecule has 1 heterocycles. The summed E-state index contributed by atoms with van der Waals surface area (Å²) in [6.45, 7) is 4.98. The maximum Gasteiger partial charge on any atom is 0.243 e. The molecule has 0 saturated carbocycles. The predicted octanol–water partition coefficient (Wildman–Crippen LogP) is 3.63. The molecule has 0 unspecified atom stereocenters. The maximum atomic E-state index is 13.0. The fourth-order valence-corrected chi connectivity index (χ4v) is 4.74. The monoisotopic (exact) mass is 382 g/mol. The Hall–Kier alpha value is -1.60. The Bertz CT molecular complexity index is 710. The summed E-state index contributed by atoms with van der Waals surface area (Å²) < 4.78 is 32.8. The lowest BCUT2D eigenvalue weighted by Gasteiger charge is -2.21. The fraction of sp³-hybridized carbons (Fsp3) is 0.632. The van der Waals surface area contributed by atoms with Gasteiger partial charge in [-0.1, -0.05) is 33.1 Å². The Kier molecular flexibility index (Phi) is 7.46. The normalized spacial score (nSPS) is 17.3. The molecule has 1 aromatic carbocycles. The van der Waals surface area contributed by atoms with E-state index in [1.165, 1.54) is 13.2 Å². The van der Waals surface area contributed by atoms with Crippen molar-refractivity contribution in [1.29, 1.82) is 0 Å². The van der Waals surface area contributed by atoms with Gasteiger partial charge in [0.05, 0.1) is 17.7 Å². The van der Waals surface area contributed by atoms with Crippen molar-refractivity contribution < 1.29 is 17.9 Å². The molecule has 1 atom stereocenters. The van der Waals surface area contributed by atoms with Gasteiger partial charge < -0.3 is 10.1 Å². The van der Waals surface area contributed by atoms with Crippen LogP contribution in [-0.4, -0.2) is 38.8 Å². The average molecular weight is 383 g/mol. The molecule has 1 saturated heterocycles. The van der Waals surface area contributed by atoms with Gasteiger partial charge in [-0.2, -0.15) is 4.31 Å². The Labute approximate surface area is 157 Å². The zero-order chi connectivity index (χ0) is 19.2. The molecule has 26 heavy (non-hydrogen) atoms. The Morgan fingerprint density at radius 1 is 1.23 bits per heavy atom. The topological polar surface area (TPSA) is 75.7 Å². The van der Waals surface area contributed by atoms with Gasteiger partial charge in [-0.25, -0.2) is 8.42 Å². The summed E-state index contributed by atoms with van der Waals surface area (Å²) in [5.41, 5.74) is 0.399. The highest BCUT2D eigenvalue weighted by Gasteiger charge is 2.26. The molecular weight excluding hydrogens is 352 g/mol. The lowest BCUT2D eigenvalue weighted by Crippen LogP contribution is -2.32. The van der Waals surface area contributed by atoms with E-state index in [1.807, 2.05) is 13.8 Å². The van der Waals surface area contributed by atoms with Crippen LogP contribution >= 0.6 is 0 Å². The van der Waals surface area contributed by atoms with Gasteiger partial charge in [0, 0.05) is 19.0 Å². The lowest BCUT2D eigenvalue weighted by atomic mass is 10.1. The first-order valence-corrected chi connectivity index (χ1v) is 10.8. The smallest absolute Gasteiger partial charge is 0.243 e. The van der Waals surface area contributed by atoms with Crippen LogP contribution in [-0.2, 0) is 14.8 Å². The summed E-state index contributed by atoms with van der Waals surface area (Å²) in [4.78, 5) is 12.5. The van der Waals surface area contributed by atoms with Crippen LogP contribution in [0.2, 0.25) is 0 Å². The van der Waals surface area contributed by atoms with Crippen LogP contribution in [0.4, 0.5) is 5.69 Å². The number of carbonyl (C=O) groups is 1. The summed E-state index contributed by atoms with van der Waals surface area (Å²) in [6, 6.07) is 4.66. The number of rotatable bonds is 7. The molecule has 0 spiro atoms. The molecule has 1 amide bonds. The first-order chi connectivity index (χ1) is 12.4. The Morgan fingerprint density at radius 3 is 2.46 bits per heavy atom. The summed E-state index contributed by atoms with van der Waals surface area (Å²) in [6.07, 6.45) is 5.58. The van der Waals surface area contributed by atoms with Crippen LogP contribution in [0.3, 0.4) is 0 Å². The quantitative estimate of drug-likeness (QED) is 0.781. The standard InChI is InChI=1S/C19H30N2O4S/c1-4-9-15(2)19(22)20-17-14-16(10-11-18(17)25-3)26(23,24)21-12-7-5-6-8-13-21/h10-11,14-15H,4-9,12-13H2,1-3H3,(H,20,22)/t15-/m0/s1. The van der Waals surface area contributed by atoms with Crippen molar-refractivity contribution in [2.75, 3.05) is 25.5 Å². The molecule has 146 valence electrons. The molecule has 1 N–H and O–H groups in total. The highest BCUT2D eigenvalue weighted by atomic mass is 32.2. The van der Waals surface area contributed by atoms with Crippen LogP contribution in [0.5, 0.6) is 5.75 Å². The van der Waals surface area contributed by atoms with Crippen molar-refractivity contribution in [2.24, 2.45) is 5.92 Å². The molecule has 1 aliphatic rings. The molecule has 0 radical (unpaired) electrons. The number of benzene rings is 1. The number of methoxy groups -OCH3 is 1. The van der Waals surface area contributed by atoms with Crippen LogP contribution < -0.4 is 10.1 Å². The highest BCUT2D eigenvalue weighted by Crippen LogP contribution is 2.30. The number of sulfonamides is 1. The van der Waals surface area contributed by atoms with Gasteiger partial charge in [0.15, 0.2) is 0 Å². The molecule has 6 nitrogen and oxygen atoms in total. The number of nitrogens with zero attached hydrogens (tertiary/aromatic N) is 1. The minimum absolute atomic E-state index is 0.130. The van der Waals surface area contributed by atoms with Gasteiger partial charge in [-0.05, 0) is 37.5 Å². The van der Waals surface area contributed by atoms with Crippen LogP contribution in [0, 0.1) is 5.92 Å². The molecule has 0 aliphatic carbocycles. The van der Waals surface area contributed by atoms with Crippen molar-refractivity contribution >= 4 is 21.6 Å². The summed E-state index contributed by atoms with van der Waals surface area (Å²) in [5.74, 6) is 0.182. The predicted molar refractivity (Wildman–Crippen MR) is 103 cm³/mol. The van der Waals surface area contributed by atoms with Gasteiger partial charge in [0.25, 0.3) is 0 Å². The third-order valence-corrected chi connectivity index (χ3v) is 6.70. The van der Waals surface area contributed by atoms with Crippen molar-refractivity contribution in [3.8, 4) is 5.75 Å². The number of ether oxygens (including phenoxy) is 1. The van der Waals surface area contributed by atoms with E-state index >= 15 is 0 Å². The van der Waals surface area contributed by atoms with Crippen molar-refractivity contribution in [3.63, 3.8) is 0 Å². The third-order valence-electron chi connectivity index (χ3n) is 4.80. The second-order valence-corrected chi connectivity index (χ2v) is 8.80. The number of anilines is 1. The summed E-state index contributed by atoms with van der Waals surface area (Å²) in [5, 5.41) is 2.83. The minimum Gasteiger partial charge on any atom is -0.495 e. The van der Waals surface area contributed by atoms with E-state index < -0.39 is 10.0 Å². The van der Waals surface area contributed by atoms with Gasteiger partial charge in [0.2, 0.25) is 15.9 Å².